The maximum Gasteiger partial charge on any atom is 0.304 e. The molecule has 0 aromatic heterocycles. The highest BCUT2D eigenvalue weighted by Gasteiger charge is 2.54. The van der Waals surface area contributed by atoms with Gasteiger partial charge < -0.3 is 68.6 Å². The molecule has 10 atom stereocenters. The summed E-state index contributed by atoms with van der Waals surface area (Å²) >= 11 is 0. The van der Waals surface area contributed by atoms with Crippen LogP contribution in [0.2, 0.25) is 0 Å². The third-order valence-corrected chi connectivity index (χ3v) is 18.9. The Morgan fingerprint density at radius 2 is 0.745 bits per heavy atom. The molecular formula is C62H64N4O26S2. The van der Waals surface area contributed by atoms with Gasteiger partial charge in [0.15, 0.2) is 44.1 Å². The summed E-state index contributed by atoms with van der Waals surface area (Å²) in [7, 11) is -7.86. The third-order valence-electron chi connectivity index (χ3n) is 15.4. The number of hydrogen-bond acceptors (Lipinski definition) is 30. The molecule has 10 rings (SSSR count). The Hall–Kier alpha value is -9.34. The van der Waals surface area contributed by atoms with Crippen LogP contribution in [-0.2, 0) is 118 Å². The number of esters is 8. The van der Waals surface area contributed by atoms with Crippen molar-refractivity contribution in [3.8, 4) is 0 Å². The van der Waals surface area contributed by atoms with Crippen molar-refractivity contribution in [3.63, 3.8) is 0 Å². The molecular weight excluding hydrogens is 1280 g/mol. The van der Waals surface area contributed by atoms with Gasteiger partial charge in [-0.2, -0.15) is 0 Å². The summed E-state index contributed by atoms with van der Waals surface area (Å²) in [6.07, 6.45) is -10.1. The van der Waals surface area contributed by atoms with E-state index in [4.69, 9.17) is 47.4 Å². The van der Waals surface area contributed by atoms with Gasteiger partial charge in [-0.3, -0.25) is 57.5 Å². The minimum atomic E-state index is -3.95. The number of carbonyl (C=O) groups excluding carboxylic acids is 12. The van der Waals surface area contributed by atoms with E-state index in [2.05, 4.69) is 21.3 Å². The monoisotopic (exact) mass is 1340 g/mol. The van der Waals surface area contributed by atoms with E-state index in [0.29, 0.717) is 32.7 Å². The van der Waals surface area contributed by atoms with E-state index < -0.39 is 175 Å². The molecule has 4 N–H and O–H groups in total. The molecule has 30 nitrogen and oxygen atoms in total. The van der Waals surface area contributed by atoms with Crippen molar-refractivity contribution < 1.29 is 122 Å². The van der Waals surface area contributed by atoms with Crippen LogP contribution in [0.15, 0.2) is 81.9 Å². The van der Waals surface area contributed by atoms with Gasteiger partial charge in [-0.15, -0.1) is 0 Å². The van der Waals surface area contributed by atoms with Gasteiger partial charge >= 0.3 is 47.8 Å². The van der Waals surface area contributed by atoms with Crippen LogP contribution in [0, 0.1) is 0 Å². The lowest BCUT2D eigenvalue weighted by Gasteiger charge is -2.44. The van der Waals surface area contributed by atoms with Gasteiger partial charge in [0, 0.05) is 104 Å². The van der Waals surface area contributed by atoms with Gasteiger partial charge in [-0.05, 0) is 69.1 Å². The number of ketones is 4. The molecule has 4 heterocycles. The van der Waals surface area contributed by atoms with E-state index in [0.717, 1.165) is 48.5 Å². The lowest BCUT2D eigenvalue weighted by molar-refractivity contribution is -0.271. The largest absolute Gasteiger partial charge is 0.463 e. The molecule has 0 amide bonds. The second-order valence-electron chi connectivity index (χ2n) is 22.4. The predicted molar refractivity (Wildman–Crippen MR) is 320 cm³/mol. The molecule has 500 valence electrons. The molecule has 4 aliphatic heterocycles. The maximum atomic E-state index is 13.3. The fourth-order valence-corrected chi connectivity index (χ4v) is 14.5. The molecule has 0 bridgehead atoms. The number of ether oxygens (including phenoxy) is 10. The van der Waals surface area contributed by atoms with Gasteiger partial charge in [0.2, 0.25) is 35.7 Å². The number of rotatable bonds is 16. The van der Waals surface area contributed by atoms with Crippen molar-refractivity contribution in [2.24, 2.45) is 0 Å². The number of nitrogens with one attached hydrogen (secondary N) is 4. The summed E-state index contributed by atoms with van der Waals surface area (Å²) in [5.74, 6) is -8.99. The number of carbonyl (C=O) groups is 12. The van der Waals surface area contributed by atoms with E-state index in [1.807, 2.05) is 0 Å². The molecule has 4 aromatic carbocycles. The van der Waals surface area contributed by atoms with Crippen LogP contribution in [0.25, 0.3) is 21.5 Å². The first-order valence-electron chi connectivity index (χ1n) is 29.1. The first kappa shape index (κ1) is 69.0. The summed E-state index contributed by atoms with van der Waals surface area (Å²) in [6.45, 7) is 8.52. The van der Waals surface area contributed by atoms with Crippen LogP contribution in [0.1, 0.15) is 108 Å². The number of allylic oxidation sites excluding steroid dienone is 4. The molecule has 2 aliphatic carbocycles. The van der Waals surface area contributed by atoms with Crippen molar-refractivity contribution in [1.82, 2.24) is 21.3 Å². The van der Waals surface area contributed by atoms with Crippen LogP contribution in [-0.4, -0.2) is 187 Å². The highest BCUT2D eigenvalue weighted by atomic mass is 32.2. The molecule has 2 fully saturated rings. The van der Waals surface area contributed by atoms with Crippen molar-refractivity contribution in [2.45, 2.75) is 130 Å². The molecule has 32 heteroatoms. The lowest BCUT2D eigenvalue weighted by Crippen LogP contribution is -2.66. The standard InChI is InChI=1S/2C31H32N2O13S/c1-14(34)42-13-23-28(43-15(2)35)29(44-16(3)36)25(31(46-23)45-17(4)37)33-12-18-5-6-19-10-22-21(11-20(19)9-18)26(38)24-30(27(22)39)47(40,41)8-7-32-24;1-14(34)42-13-23-28(43-15(2)35)29(44-16(3)36)25(31(46-23)45-17(4)37)33-12-18-5-6-19-10-21-22(11-20(19)9-18)27(39)30-24(26(21)38)32-7-8-47(30,40)41/h2*5-6,9-11,23,25,28-29,31-33H,7-8,12-13H2,1-4H3. The number of hydrogen-bond donors (Lipinski definition) is 4. The Bertz CT molecular complexity index is 4200. The Kier molecular flexibility index (Phi) is 20.6. The Balaban J connectivity index is 0.000000221. The molecule has 0 spiro atoms. The zero-order valence-corrected chi connectivity index (χ0v) is 53.3. The second-order valence-corrected chi connectivity index (χ2v) is 26.5. The minimum absolute atomic E-state index is 0.00739. The van der Waals surface area contributed by atoms with E-state index >= 15 is 0 Å². The fourth-order valence-electron chi connectivity index (χ4n) is 11.6. The Morgan fingerprint density at radius 1 is 0.426 bits per heavy atom. The molecule has 0 saturated carbocycles. The van der Waals surface area contributed by atoms with Crippen LogP contribution in [0.4, 0.5) is 0 Å². The summed E-state index contributed by atoms with van der Waals surface area (Å²) in [4.78, 5) is 148. The van der Waals surface area contributed by atoms with E-state index in [1.165, 1.54) is 31.2 Å². The average Bonchev–Trinajstić information content (AvgIpc) is 0.740. The van der Waals surface area contributed by atoms with E-state index in [1.54, 1.807) is 36.4 Å². The molecule has 4 aromatic rings. The maximum absolute atomic E-state index is 13.3. The van der Waals surface area contributed by atoms with Gasteiger partial charge in [0.25, 0.3) is 0 Å². The van der Waals surface area contributed by atoms with Gasteiger partial charge in [-0.1, -0.05) is 24.3 Å². The number of sulfone groups is 2. The van der Waals surface area contributed by atoms with Crippen molar-refractivity contribution in [3.05, 3.63) is 115 Å². The summed E-state index contributed by atoms with van der Waals surface area (Å²) in [5, 5.41) is 14.1. The first-order chi connectivity index (χ1) is 44.3. The zero-order valence-electron chi connectivity index (χ0n) is 51.6. The molecule has 10 unspecified atom stereocenters. The fraction of sp³-hybridized carbons (Fsp3) is 0.419. The second kappa shape index (κ2) is 28.1. The highest BCUT2D eigenvalue weighted by molar-refractivity contribution is 7.96. The average molecular weight is 1350 g/mol. The predicted octanol–water partition coefficient (Wildman–Crippen LogP) is 1.24. The van der Waals surface area contributed by atoms with Gasteiger partial charge in [-0.25, -0.2) is 16.8 Å². The van der Waals surface area contributed by atoms with Crippen molar-refractivity contribution in [1.29, 1.82) is 0 Å². The number of fused-ring (bicyclic) bond motifs is 4. The summed E-state index contributed by atoms with van der Waals surface area (Å²) in [6, 6.07) is 14.1. The topological polar surface area (TPSA) is 414 Å². The molecule has 2 saturated heterocycles. The number of benzene rings is 4. The third kappa shape index (κ3) is 15.2. The summed E-state index contributed by atoms with van der Waals surface area (Å²) in [5.41, 5.74) is 0.918. The van der Waals surface area contributed by atoms with Gasteiger partial charge in [0.05, 0.1) is 11.5 Å². The summed E-state index contributed by atoms with van der Waals surface area (Å²) < 4.78 is 105. The van der Waals surface area contributed by atoms with Crippen LogP contribution in [0.5, 0.6) is 0 Å². The quantitative estimate of drug-likeness (QED) is 0.0905. The SMILES string of the molecule is CC(=O)OCC1OC(OC(C)=O)C(NCc2ccc3cc4c(cc3c2)C(=O)C2=C(C4=O)S(=O)(=O)CCN2)C(OC(C)=O)C1OC(C)=O.CC(=O)OCC1OC(OC(C)=O)C(NCc2ccc3cc4c(cc3c2)C(=O)C2=C(NCCS2(=O)=O)C4=O)C(OC(C)=O)C1OC(C)=O. The minimum Gasteiger partial charge on any atom is -0.463 e. The van der Waals surface area contributed by atoms with Crippen LogP contribution in [0.3, 0.4) is 0 Å². The molecule has 0 radical (unpaired) electrons. The highest BCUT2D eigenvalue weighted by Crippen LogP contribution is 2.37. The smallest absolute Gasteiger partial charge is 0.304 e. The van der Waals surface area contributed by atoms with E-state index in [9.17, 15) is 74.4 Å². The number of Topliss-reactive ketones (excluding diaryl/α,β-unsaturated/α-hetero) is 4. The first-order valence-corrected chi connectivity index (χ1v) is 32.4. The normalized spacial score (nSPS) is 24.8. The molecule has 94 heavy (non-hydrogen) atoms. The van der Waals surface area contributed by atoms with E-state index in [-0.39, 0.29) is 71.3 Å². The zero-order chi connectivity index (χ0) is 68.4. The van der Waals surface area contributed by atoms with Crippen LogP contribution >= 0.6 is 0 Å². The Labute approximate surface area is 535 Å². The molecule has 6 aliphatic rings. The Morgan fingerprint density at radius 3 is 1.07 bits per heavy atom. The van der Waals surface area contributed by atoms with Gasteiger partial charge in [0.1, 0.15) is 58.7 Å². The lowest BCUT2D eigenvalue weighted by atomic mass is 9.89. The van der Waals surface area contributed by atoms with Crippen molar-refractivity contribution in [2.75, 3.05) is 37.8 Å². The van der Waals surface area contributed by atoms with Crippen LogP contribution < -0.4 is 21.3 Å². The van der Waals surface area contributed by atoms with Crippen molar-refractivity contribution >= 4 is 112 Å².